The van der Waals surface area contributed by atoms with E-state index >= 15 is 0 Å². The topological polar surface area (TPSA) is 32.7 Å². The van der Waals surface area contributed by atoms with Gasteiger partial charge in [-0.05, 0) is 32.1 Å². The van der Waals surface area contributed by atoms with E-state index in [2.05, 4.69) is 25.2 Å². The summed E-state index contributed by atoms with van der Waals surface area (Å²) in [5.41, 5.74) is 1.39. The van der Waals surface area contributed by atoms with E-state index in [1.807, 2.05) is 0 Å². The Kier molecular flexibility index (Phi) is 9.30. The van der Waals surface area contributed by atoms with Gasteiger partial charge in [0.05, 0.1) is 6.61 Å². The molecular formula is C14H25NO2S. The molecule has 0 spiro atoms. The van der Waals surface area contributed by atoms with Gasteiger partial charge in [0.1, 0.15) is 0 Å². The number of hydrogen-bond donors (Lipinski definition) is 1. The van der Waals surface area contributed by atoms with Crippen molar-refractivity contribution in [2.45, 2.75) is 39.0 Å². The predicted octanol–water partition coefficient (Wildman–Crippen LogP) is 3.81. The lowest BCUT2D eigenvalue weighted by atomic mass is 10.1. The maximum Gasteiger partial charge on any atom is 0.0506 e. The maximum atomic E-state index is 9.46. The summed E-state index contributed by atoms with van der Waals surface area (Å²) < 4.78 is 6.89. The third kappa shape index (κ3) is 7.93. The van der Waals surface area contributed by atoms with E-state index in [1.54, 1.807) is 0 Å². The van der Waals surface area contributed by atoms with E-state index in [4.69, 9.17) is 4.74 Å². The van der Waals surface area contributed by atoms with E-state index in [1.165, 1.54) is 34.8 Å². The van der Waals surface area contributed by atoms with Crippen molar-refractivity contribution in [3.05, 3.63) is 23.8 Å². The fourth-order valence-electron chi connectivity index (χ4n) is 1.71. The lowest BCUT2D eigenvalue weighted by Crippen LogP contribution is -2.14. The first-order valence-electron chi connectivity index (χ1n) is 6.85. The lowest BCUT2D eigenvalue weighted by molar-refractivity contribution is 0.00769. The molecule has 4 heteroatoms. The van der Waals surface area contributed by atoms with Gasteiger partial charge in [-0.15, -0.1) is 4.47 Å². The highest BCUT2D eigenvalue weighted by atomic mass is 32.2. The van der Waals surface area contributed by atoms with Crippen LogP contribution in [0.1, 0.15) is 39.0 Å². The monoisotopic (exact) mass is 271 g/mol. The van der Waals surface area contributed by atoms with Gasteiger partial charge in [-0.2, -0.15) is 0 Å². The first-order chi connectivity index (χ1) is 8.83. The molecule has 0 atom stereocenters. The second-order valence-electron chi connectivity index (χ2n) is 4.38. The molecule has 1 N–H and O–H groups in total. The molecule has 0 aliphatic heterocycles. The van der Waals surface area contributed by atoms with Crippen LogP contribution in [0.15, 0.2) is 23.8 Å². The highest BCUT2D eigenvalue weighted by Gasteiger charge is 2.01. The van der Waals surface area contributed by atoms with Crippen molar-refractivity contribution in [1.29, 1.82) is 0 Å². The van der Waals surface area contributed by atoms with Gasteiger partial charge in [0, 0.05) is 18.9 Å². The first kappa shape index (κ1) is 15.8. The normalized spacial score (nSPS) is 15.2. The Labute approximate surface area is 115 Å². The van der Waals surface area contributed by atoms with Gasteiger partial charge in [0.25, 0.3) is 0 Å². The van der Waals surface area contributed by atoms with Gasteiger partial charge in [-0.25, -0.2) is 0 Å². The van der Waals surface area contributed by atoms with Crippen molar-refractivity contribution in [2.24, 2.45) is 0 Å². The second kappa shape index (κ2) is 10.6. The number of rotatable bonds is 10. The Morgan fingerprint density at radius 3 is 3.00 bits per heavy atom. The van der Waals surface area contributed by atoms with Gasteiger partial charge in [-0.3, -0.25) is 0 Å². The minimum absolute atomic E-state index is 0.674. The quantitative estimate of drug-likeness (QED) is 0.372. The molecule has 0 aromatic carbocycles. The van der Waals surface area contributed by atoms with Crippen LogP contribution in [0.5, 0.6) is 0 Å². The Morgan fingerprint density at radius 2 is 2.28 bits per heavy atom. The number of ether oxygens (including phenoxy) is 1. The largest absolute Gasteiger partial charge is 0.381 e. The van der Waals surface area contributed by atoms with E-state index in [0.717, 1.165) is 38.2 Å². The Bertz CT molecular complexity index is 267. The summed E-state index contributed by atoms with van der Waals surface area (Å²) in [4.78, 5) is 0. The van der Waals surface area contributed by atoms with Crippen LogP contribution in [0, 0.1) is 0 Å². The highest BCUT2D eigenvalue weighted by molar-refractivity contribution is 7.96. The van der Waals surface area contributed by atoms with E-state index < -0.39 is 0 Å². The number of hydrogen-bond acceptors (Lipinski definition) is 4. The van der Waals surface area contributed by atoms with Crippen LogP contribution in [0.25, 0.3) is 0 Å². The zero-order valence-corrected chi connectivity index (χ0v) is 12.1. The molecule has 0 amide bonds. The molecule has 0 radical (unpaired) electrons. The zero-order chi connectivity index (χ0) is 13.1. The summed E-state index contributed by atoms with van der Waals surface area (Å²) in [6.07, 6.45) is 12.0. The predicted molar refractivity (Wildman–Crippen MR) is 77.8 cm³/mol. The van der Waals surface area contributed by atoms with Crippen molar-refractivity contribution in [2.75, 3.05) is 25.5 Å². The summed E-state index contributed by atoms with van der Waals surface area (Å²) in [5, 5.41) is 9.46. The third-order valence-electron chi connectivity index (χ3n) is 2.69. The molecule has 104 valence electrons. The third-order valence-corrected chi connectivity index (χ3v) is 3.76. The van der Waals surface area contributed by atoms with Crippen molar-refractivity contribution >= 4 is 11.9 Å². The second-order valence-corrected chi connectivity index (χ2v) is 5.47. The standard InChI is InChI=1S/C14H25NO2S/c1-2-13-18-15(16)10-6-11-17-12-9-14-7-4-3-5-8-14/h4,7-8,16H,2-3,5-6,9-13H2,1H3. The minimum Gasteiger partial charge on any atom is -0.381 e. The molecule has 0 saturated heterocycles. The molecular weight excluding hydrogens is 246 g/mol. The molecule has 0 bridgehead atoms. The Hall–Kier alpha value is -0.290. The molecule has 0 fully saturated rings. The van der Waals surface area contributed by atoms with Gasteiger partial charge in [0.2, 0.25) is 0 Å². The van der Waals surface area contributed by atoms with Crippen LogP contribution in [0.4, 0.5) is 0 Å². The van der Waals surface area contributed by atoms with Gasteiger partial charge in [-0.1, -0.05) is 42.7 Å². The molecule has 0 saturated carbocycles. The van der Waals surface area contributed by atoms with Gasteiger partial charge >= 0.3 is 0 Å². The molecule has 1 aliphatic rings. The lowest BCUT2D eigenvalue weighted by Gasteiger charge is -2.13. The Balaban J connectivity index is 1.89. The van der Waals surface area contributed by atoms with Crippen molar-refractivity contribution in [3.63, 3.8) is 0 Å². The van der Waals surface area contributed by atoms with Crippen molar-refractivity contribution in [3.8, 4) is 0 Å². The maximum absolute atomic E-state index is 9.46. The van der Waals surface area contributed by atoms with Crippen molar-refractivity contribution in [1.82, 2.24) is 4.47 Å². The van der Waals surface area contributed by atoms with Crippen molar-refractivity contribution < 1.29 is 9.94 Å². The molecule has 1 rings (SSSR count). The van der Waals surface area contributed by atoms with Crippen LogP contribution in [-0.4, -0.2) is 35.2 Å². The van der Waals surface area contributed by atoms with E-state index in [0.29, 0.717) is 6.54 Å². The Morgan fingerprint density at radius 1 is 1.39 bits per heavy atom. The molecule has 0 unspecified atom stereocenters. The van der Waals surface area contributed by atoms with Gasteiger partial charge < -0.3 is 9.94 Å². The average molecular weight is 271 g/mol. The van der Waals surface area contributed by atoms with Crippen LogP contribution < -0.4 is 0 Å². The summed E-state index contributed by atoms with van der Waals surface area (Å²) in [6.45, 7) is 4.29. The molecule has 18 heavy (non-hydrogen) atoms. The van der Waals surface area contributed by atoms with E-state index in [9.17, 15) is 5.21 Å². The first-order valence-corrected chi connectivity index (χ1v) is 7.80. The summed E-state index contributed by atoms with van der Waals surface area (Å²) in [6, 6.07) is 0. The summed E-state index contributed by atoms with van der Waals surface area (Å²) in [7, 11) is 0. The van der Waals surface area contributed by atoms with E-state index in [-0.39, 0.29) is 0 Å². The van der Waals surface area contributed by atoms with Crippen LogP contribution in [0.3, 0.4) is 0 Å². The molecule has 1 aliphatic carbocycles. The fourth-order valence-corrected chi connectivity index (χ4v) is 2.36. The molecule has 3 nitrogen and oxygen atoms in total. The summed E-state index contributed by atoms with van der Waals surface area (Å²) in [5.74, 6) is 0.970. The minimum atomic E-state index is 0.674. The number of allylic oxidation sites excluding steroid dienone is 3. The fraction of sp³-hybridized carbons (Fsp3) is 0.714. The summed E-state index contributed by atoms with van der Waals surface area (Å²) >= 11 is 1.48. The zero-order valence-electron chi connectivity index (χ0n) is 11.3. The van der Waals surface area contributed by atoms with Gasteiger partial charge in [0.15, 0.2) is 0 Å². The highest BCUT2D eigenvalue weighted by Crippen LogP contribution is 2.13. The molecule has 0 aromatic heterocycles. The molecule has 0 heterocycles. The molecule has 0 aromatic rings. The number of hydroxylamine groups is 1. The smallest absolute Gasteiger partial charge is 0.0506 e. The van der Waals surface area contributed by atoms with Crippen LogP contribution in [-0.2, 0) is 4.74 Å². The van der Waals surface area contributed by atoms with Crippen LogP contribution >= 0.6 is 11.9 Å². The van der Waals surface area contributed by atoms with Crippen LogP contribution in [0.2, 0.25) is 0 Å². The number of nitrogens with zero attached hydrogens (tertiary/aromatic N) is 1. The SMILES string of the molecule is CCCSN(O)CCCOCCC1=CCCC=C1. The average Bonchev–Trinajstić information content (AvgIpc) is 2.41.